The van der Waals surface area contributed by atoms with Crippen LogP contribution in [-0.2, 0) is 12.8 Å². The van der Waals surface area contributed by atoms with E-state index in [1.165, 1.54) is 11.1 Å². The van der Waals surface area contributed by atoms with Gasteiger partial charge in [-0.25, -0.2) is 0 Å². The van der Waals surface area contributed by atoms with E-state index in [0.29, 0.717) is 13.0 Å². The van der Waals surface area contributed by atoms with Crippen LogP contribution in [0.1, 0.15) is 62.0 Å². The summed E-state index contributed by atoms with van der Waals surface area (Å²) >= 11 is 0. The number of hydrogen-bond donors (Lipinski definition) is 1. The number of hydrogen-bond acceptors (Lipinski definition) is 5. The molecule has 2 atom stereocenters. The van der Waals surface area contributed by atoms with Crippen LogP contribution in [-0.4, -0.2) is 18.5 Å². The van der Waals surface area contributed by atoms with E-state index in [2.05, 4.69) is 39.8 Å². The molecule has 1 N–H and O–H groups in total. The number of fused-ring (bicyclic) bond motifs is 6. The van der Waals surface area contributed by atoms with Crippen molar-refractivity contribution in [3.05, 3.63) is 63.8 Å². The van der Waals surface area contributed by atoms with E-state index in [4.69, 9.17) is 18.9 Å². The predicted molar refractivity (Wildman–Crippen MR) is 119 cm³/mol. The minimum Gasteiger partial charge on any atom is -0.508 e. The number of allylic oxidation sites excluding steroid dienone is 4. The molecule has 0 aliphatic carbocycles. The molecule has 0 radical (unpaired) electrons. The third-order valence-electron chi connectivity index (χ3n) is 6.16. The Labute approximate surface area is 182 Å². The Hall–Kier alpha value is -3.08. The second-order valence-electron chi connectivity index (χ2n) is 8.92. The highest BCUT2D eigenvalue weighted by Crippen LogP contribution is 2.57. The molecule has 0 amide bonds. The fourth-order valence-electron chi connectivity index (χ4n) is 4.56. The third-order valence-corrected chi connectivity index (χ3v) is 6.16. The van der Waals surface area contributed by atoms with Crippen LogP contribution in [0.4, 0.5) is 0 Å². The first-order valence-corrected chi connectivity index (χ1v) is 10.8. The lowest BCUT2D eigenvalue weighted by Gasteiger charge is -2.29. The van der Waals surface area contributed by atoms with Crippen molar-refractivity contribution in [2.45, 2.75) is 52.6 Å². The summed E-state index contributed by atoms with van der Waals surface area (Å²) in [6.45, 7) is 9.02. The average Bonchev–Trinajstić information content (AvgIpc) is 3.34. The van der Waals surface area contributed by atoms with Gasteiger partial charge in [0.15, 0.2) is 11.5 Å². The summed E-state index contributed by atoms with van der Waals surface area (Å²) < 4.78 is 24.4. The molecule has 31 heavy (non-hydrogen) atoms. The normalized spacial score (nSPS) is 19.5. The maximum absolute atomic E-state index is 10.5. The van der Waals surface area contributed by atoms with Crippen molar-refractivity contribution in [1.82, 2.24) is 0 Å². The highest BCUT2D eigenvalue weighted by Gasteiger charge is 2.44. The Balaban J connectivity index is 1.58. The van der Waals surface area contributed by atoms with E-state index in [0.717, 1.165) is 51.7 Å². The van der Waals surface area contributed by atoms with E-state index in [1.54, 1.807) is 6.07 Å². The molecule has 3 heterocycles. The van der Waals surface area contributed by atoms with Gasteiger partial charge in [0.1, 0.15) is 23.4 Å². The molecule has 5 nitrogen and oxygen atoms in total. The number of phenols is 1. The van der Waals surface area contributed by atoms with Gasteiger partial charge in [-0.3, -0.25) is 0 Å². The number of rotatable bonds is 4. The molecule has 0 aromatic heterocycles. The SMILES string of the molecule is CC(C)=CCc1c2c(cc3c1O[C@H]1c4ccc(O)c(CC=C(C)C)c4OC[C@@H]31)OCO2. The Morgan fingerprint density at radius 2 is 1.65 bits per heavy atom. The van der Waals surface area contributed by atoms with E-state index in [-0.39, 0.29) is 24.6 Å². The summed E-state index contributed by atoms with van der Waals surface area (Å²) in [6.07, 6.45) is 5.49. The summed E-state index contributed by atoms with van der Waals surface area (Å²) in [5, 5.41) is 10.5. The van der Waals surface area contributed by atoms with Gasteiger partial charge >= 0.3 is 0 Å². The molecule has 0 spiro atoms. The molecule has 2 aromatic rings. The minimum atomic E-state index is -0.155. The summed E-state index contributed by atoms with van der Waals surface area (Å²) in [4.78, 5) is 0. The van der Waals surface area contributed by atoms with Crippen molar-refractivity contribution in [2.24, 2.45) is 0 Å². The van der Waals surface area contributed by atoms with Crippen molar-refractivity contribution in [1.29, 1.82) is 0 Å². The number of phenolic OH excluding ortho intramolecular Hbond substituents is 1. The maximum atomic E-state index is 10.5. The molecular formula is C26H28O5. The van der Waals surface area contributed by atoms with Crippen LogP contribution in [0.15, 0.2) is 41.5 Å². The van der Waals surface area contributed by atoms with Gasteiger partial charge in [-0.1, -0.05) is 23.3 Å². The molecule has 0 unspecified atom stereocenters. The zero-order valence-corrected chi connectivity index (χ0v) is 18.5. The average molecular weight is 421 g/mol. The number of ether oxygens (including phenoxy) is 4. The lowest BCUT2D eigenvalue weighted by Crippen LogP contribution is -2.24. The molecular weight excluding hydrogens is 392 g/mol. The van der Waals surface area contributed by atoms with Gasteiger partial charge in [-0.15, -0.1) is 0 Å². The Morgan fingerprint density at radius 1 is 0.903 bits per heavy atom. The van der Waals surface area contributed by atoms with Gasteiger partial charge in [0, 0.05) is 22.3 Å². The van der Waals surface area contributed by atoms with Gasteiger partial charge < -0.3 is 24.1 Å². The second kappa shape index (κ2) is 7.56. The highest BCUT2D eigenvalue weighted by atomic mass is 16.7. The lowest BCUT2D eigenvalue weighted by atomic mass is 9.86. The van der Waals surface area contributed by atoms with Crippen molar-refractivity contribution < 1.29 is 24.1 Å². The van der Waals surface area contributed by atoms with Gasteiger partial charge in [0.05, 0.1) is 12.5 Å². The molecule has 0 saturated carbocycles. The summed E-state index contributed by atoms with van der Waals surface area (Å²) in [5.41, 5.74) is 6.39. The van der Waals surface area contributed by atoms with Crippen molar-refractivity contribution >= 4 is 0 Å². The predicted octanol–water partition coefficient (Wildman–Crippen LogP) is 5.75. The standard InChI is InChI=1S/C26H28O5/c1-14(2)5-7-16-21(27)10-9-17-23(16)28-12-20-19-11-22-26(30-13-29-22)18(8-6-15(3)4)24(19)31-25(17)20/h5-6,9-11,20,25,27H,7-8,12-13H2,1-4H3/t20-,25-/m0/s1. The van der Waals surface area contributed by atoms with Crippen LogP contribution in [0.5, 0.6) is 28.7 Å². The molecule has 162 valence electrons. The maximum Gasteiger partial charge on any atom is 0.231 e. The van der Waals surface area contributed by atoms with E-state index >= 15 is 0 Å². The Kier molecular flexibility index (Phi) is 4.84. The monoisotopic (exact) mass is 420 g/mol. The fourth-order valence-corrected chi connectivity index (χ4v) is 4.56. The van der Waals surface area contributed by atoms with Crippen LogP contribution in [0.3, 0.4) is 0 Å². The summed E-state index contributed by atoms with van der Waals surface area (Å²) in [5.74, 6) is 3.52. The summed E-state index contributed by atoms with van der Waals surface area (Å²) in [6, 6.07) is 5.73. The Morgan fingerprint density at radius 3 is 2.39 bits per heavy atom. The van der Waals surface area contributed by atoms with E-state index in [1.807, 2.05) is 12.1 Å². The second-order valence-corrected chi connectivity index (χ2v) is 8.92. The first-order valence-electron chi connectivity index (χ1n) is 10.8. The summed E-state index contributed by atoms with van der Waals surface area (Å²) in [7, 11) is 0. The van der Waals surface area contributed by atoms with Crippen LogP contribution < -0.4 is 18.9 Å². The molecule has 2 aromatic carbocycles. The van der Waals surface area contributed by atoms with E-state index in [9.17, 15) is 5.11 Å². The first-order chi connectivity index (χ1) is 14.9. The van der Waals surface area contributed by atoms with Crippen LogP contribution in [0, 0.1) is 0 Å². The van der Waals surface area contributed by atoms with Crippen LogP contribution in [0.25, 0.3) is 0 Å². The largest absolute Gasteiger partial charge is 0.508 e. The van der Waals surface area contributed by atoms with Crippen molar-refractivity contribution in [3.8, 4) is 28.7 Å². The van der Waals surface area contributed by atoms with E-state index < -0.39 is 0 Å². The van der Waals surface area contributed by atoms with Gasteiger partial charge in [0.25, 0.3) is 0 Å². The zero-order valence-electron chi connectivity index (χ0n) is 18.5. The first kappa shape index (κ1) is 19.9. The van der Waals surface area contributed by atoms with Gasteiger partial charge in [-0.2, -0.15) is 0 Å². The third kappa shape index (κ3) is 3.32. The molecule has 0 bridgehead atoms. The molecule has 0 fully saturated rings. The number of aromatic hydroxyl groups is 1. The van der Waals surface area contributed by atoms with Crippen LogP contribution in [0.2, 0.25) is 0 Å². The molecule has 3 aliphatic heterocycles. The molecule has 5 heteroatoms. The van der Waals surface area contributed by atoms with Gasteiger partial charge in [0.2, 0.25) is 6.79 Å². The Bertz CT molecular complexity index is 1100. The van der Waals surface area contributed by atoms with Gasteiger partial charge in [-0.05, 0) is 58.7 Å². The lowest BCUT2D eigenvalue weighted by molar-refractivity contribution is 0.136. The quantitative estimate of drug-likeness (QED) is 0.639. The van der Waals surface area contributed by atoms with Crippen molar-refractivity contribution in [3.63, 3.8) is 0 Å². The topological polar surface area (TPSA) is 57.2 Å². The molecule has 0 saturated heterocycles. The number of benzene rings is 2. The molecule has 5 rings (SSSR count). The minimum absolute atomic E-state index is 0.0725. The van der Waals surface area contributed by atoms with Crippen molar-refractivity contribution in [2.75, 3.05) is 13.4 Å². The molecule has 3 aliphatic rings. The van der Waals surface area contributed by atoms with Crippen LogP contribution >= 0.6 is 0 Å². The fraction of sp³-hybridized carbons (Fsp3) is 0.385. The zero-order chi connectivity index (χ0) is 21.7. The smallest absolute Gasteiger partial charge is 0.231 e. The highest BCUT2D eigenvalue weighted by molar-refractivity contribution is 5.64.